The topological polar surface area (TPSA) is 40.9 Å². The van der Waals surface area contributed by atoms with Crippen molar-refractivity contribution >= 4 is 5.78 Å². The molecule has 14 heavy (non-hydrogen) atoms. The van der Waals surface area contributed by atoms with E-state index in [-0.39, 0.29) is 17.8 Å². The highest BCUT2D eigenvalue weighted by Crippen LogP contribution is 2.54. The third-order valence-electron chi connectivity index (χ3n) is 4.27. The van der Waals surface area contributed by atoms with Crippen molar-refractivity contribution in [2.24, 2.45) is 29.6 Å². The second-order valence-electron chi connectivity index (χ2n) is 4.75. The zero-order valence-electron chi connectivity index (χ0n) is 8.02. The zero-order chi connectivity index (χ0) is 9.71. The maximum atomic E-state index is 12.0. The predicted octanol–water partition coefficient (Wildman–Crippen LogP) is 1.93. The molecule has 0 N–H and O–H groups in total. The van der Waals surface area contributed by atoms with Gasteiger partial charge in [0.15, 0.2) is 0 Å². The van der Waals surface area contributed by atoms with Gasteiger partial charge >= 0.3 is 0 Å². The molecule has 3 aliphatic rings. The van der Waals surface area contributed by atoms with Gasteiger partial charge in [-0.25, -0.2) is 0 Å². The van der Waals surface area contributed by atoms with Crippen molar-refractivity contribution in [3.63, 3.8) is 0 Å². The largest absolute Gasteiger partial charge is 0.299 e. The first-order valence-electron chi connectivity index (χ1n) is 5.44. The summed E-state index contributed by atoms with van der Waals surface area (Å²) in [5.74, 6) is 1.52. The van der Waals surface area contributed by atoms with Gasteiger partial charge in [0, 0.05) is 11.8 Å². The Balaban J connectivity index is 2.04. The van der Waals surface area contributed by atoms with Gasteiger partial charge in [0.25, 0.3) is 0 Å². The monoisotopic (exact) mass is 187 g/mol. The van der Waals surface area contributed by atoms with Gasteiger partial charge in [-0.05, 0) is 24.7 Å². The summed E-state index contributed by atoms with van der Waals surface area (Å²) in [4.78, 5) is 12.0. The molecule has 3 aliphatic carbocycles. The third kappa shape index (κ3) is 0.829. The molecule has 0 aromatic carbocycles. The number of nitrogens with zero attached hydrogens (tertiary/aromatic N) is 1. The number of carbonyl (C=O) groups is 1. The smallest absolute Gasteiger partial charge is 0.144 e. The van der Waals surface area contributed by atoms with E-state index in [1.807, 2.05) is 12.2 Å². The van der Waals surface area contributed by atoms with Crippen LogP contribution in [-0.2, 0) is 4.79 Å². The molecule has 2 nitrogen and oxygen atoms in total. The fourth-order valence-corrected chi connectivity index (χ4v) is 3.72. The Morgan fingerprint density at radius 3 is 2.86 bits per heavy atom. The van der Waals surface area contributed by atoms with Crippen molar-refractivity contribution in [2.45, 2.75) is 19.3 Å². The quantitative estimate of drug-likeness (QED) is 0.544. The summed E-state index contributed by atoms with van der Waals surface area (Å²) in [7, 11) is 0. The summed E-state index contributed by atoms with van der Waals surface area (Å²) >= 11 is 0. The van der Waals surface area contributed by atoms with Gasteiger partial charge < -0.3 is 0 Å². The third-order valence-corrected chi connectivity index (χ3v) is 4.27. The molecule has 0 unspecified atom stereocenters. The standard InChI is InChI=1S/C12H13NO/c13-6-7-4-5-10-8-2-1-3-9(8)11(7)12(10)14/h4-5,7-11H,1-3H2/t7-,8-,9+,10+,11-/m0/s1. The van der Waals surface area contributed by atoms with Crippen LogP contribution in [0.4, 0.5) is 0 Å². The first kappa shape index (κ1) is 8.23. The number of carbonyl (C=O) groups excluding carboxylic acids is 1. The minimum absolute atomic E-state index is 0.0440. The summed E-state index contributed by atoms with van der Waals surface area (Å²) in [6.07, 6.45) is 7.58. The molecule has 5 atom stereocenters. The number of fused-ring (bicyclic) bond motifs is 5. The van der Waals surface area contributed by atoms with Crippen molar-refractivity contribution in [3.8, 4) is 6.07 Å². The van der Waals surface area contributed by atoms with E-state index in [9.17, 15) is 4.79 Å². The molecule has 0 spiro atoms. The van der Waals surface area contributed by atoms with Crippen molar-refractivity contribution in [3.05, 3.63) is 12.2 Å². The van der Waals surface area contributed by atoms with Gasteiger partial charge in [-0.1, -0.05) is 18.6 Å². The van der Waals surface area contributed by atoms with E-state index in [0.29, 0.717) is 17.6 Å². The van der Waals surface area contributed by atoms with E-state index < -0.39 is 0 Å². The van der Waals surface area contributed by atoms with Crippen LogP contribution in [0.3, 0.4) is 0 Å². The van der Waals surface area contributed by atoms with Gasteiger partial charge in [-0.2, -0.15) is 5.26 Å². The number of ketones is 1. The minimum Gasteiger partial charge on any atom is -0.299 e. The molecule has 0 aromatic rings. The van der Waals surface area contributed by atoms with E-state index in [1.54, 1.807) is 0 Å². The van der Waals surface area contributed by atoms with Crippen molar-refractivity contribution in [1.82, 2.24) is 0 Å². The highest BCUT2D eigenvalue weighted by atomic mass is 16.1. The fraction of sp³-hybridized carbons (Fsp3) is 0.667. The van der Waals surface area contributed by atoms with Crippen LogP contribution >= 0.6 is 0 Å². The molecule has 0 aromatic heterocycles. The lowest BCUT2D eigenvalue weighted by atomic mass is 9.80. The molecule has 2 saturated carbocycles. The fourth-order valence-electron chi connectivity index (χ4n) is 3.72. The summed E-state index contributed by atoms with van der Waals surface area (Å²) < 4.78 is 0. The lowest BCUT2D eigenvalue weighted by Crippen LogP contribution is -2.26. The molecule has 0 radical (unpaired) electrons. The second kappa shape index (κ2) is 2.70. The Labute approximate surface area is 83.6 Å². The Kier molecular flexibility index (Phi) is 1.58. The number of rotatable bonds is 0. The molecule has 0 saturated heterocycles. The van der Waals surface area contributed by atoms with Gasteiger partial charge in [0.2, 0.25) is 0 Å². The SMILES string of the molecule is N#C[C@@H]1C=C[C@H]2C(=O)[C@@H]1[C@@H]1CCC[C@@H]12. The maximum Gasteiger partial charge on any atom is 0.144 e. The highest BCUT2D eigenvalue weighted by molar-refractivity contribution is 5.90. The molecule has 2 bridgehead atoms. The van der Waals surface area contributed by atoms with E-state index in [0.717, 1.165) is 6.42 Å². The summed E-state index contributed by atoms with van der Waals surface area (Å²) in [6.45, 7) is 0. The van der Waals surface area contributed by atoms with Crippen LogP contribution in [0.2, 0.25) is 0 Å². The average molecular weight is 187 g/mol. The van der Waals surface area contributed by atoms with Gasteiger partial charge in [0.05, 0.1) is 12.0 Å². The summed E-state index contributed by atoms with van der Waals surface area (Å²) in [6, 6.07) is 2.27. The van der Waals surface area contributed by atoms with Crippen molar-refractivity contribution < 1.29 is 4.79 Å². The minimum atomic E-state index is -0.133. The normalized spacial score (nSPS) is 49.1. The number of hydrogen-bond acceptors (Lipinski definition) is 2. The second-order valence-corrected chi connectivity index (χ2v) is 4.75. The first-order valence-corrected chi connectivity index (χ1v) is 5.44. The molecule has 2 fully saturated rings. The number of allylic oxidation sites excluding steroid dienone is 2. The first-order chi connectivity index (χ1) is 6.83. The lowest BCUT2D eigenvalue weighted by Gasteiger charge is -2.20. The molecule has 2 heteroatoms. The summed E-state index contributed by atoms with van der Waals surface area (Å²) in [5.41, 5.74) is 0. The van der Waals surface area contributed by atoms with Crippen molar-refractivity contribution in [2.75, 3.05) is 0 Å². The van der Waals surface area contributed by atoms with Crippen LogP contribution in [0.1, 0.15) is 19.3 Å². The molecule has 72 valence electrons. The highest BCUT2D eigenvalue weighted by Gasteiger charge is 2.54. The van der Waals surface area contributed by atoms with Gasteiger partial charge in [-0.3, -0.25) is 4.79 Å². The Bertz CT molecular complexity index is 352. The van der Waals surface area contributed by atoms with E-state index in [2.05, 4.69) is 6.07 Å². The number of Topliss-reactive ketones (excluding diaryl/α,β-unsaturated/α-hetero) is 1. The molecule has 0 amide bonds. The lowest BCUT2D eigenvalue weighted by molar-refractivity contribution is -0.124. The maximum absolute atomic E-state index is 12.0. The molecular weight excluding hydrogens is 174 g/mol. The zero-order valence-corrected chi connectivity index (χ0v) is 8.02. The van der Waals surface area contributed by atoms with Crippen LogP contribution in [0.5, 0.6) is 0 Å². The van der Waals surface area contributed by atoms with Crippen LogP contribution in [0, 0.1) is 40.9 Å². The van der Waals surface area contributed by atoms with Crippen molar-refractivity contribution in [1.29, 1.82) is 5.26 Å². The number of nitriles is 1. The Hall–Kier alpha value is -1.10. The molecule has 0 heterocycles. The van der Waals surface area contributed by atoms with E-state index in [1.165, 1.54) is 12.8 Å². The van der Waals surface area contributed by atoms with Crippen LogP contribution in [-0.4, -0.2) is 5.78 Å². The summed E-state index contributed by atoms with van der Waals surface area (Å²) in [5, 5.41) is 9.00. The van der Waals surface area contributed by atoms with Crippen LogP contribution < -0.4 is 0 Å². The predicted molar refractivity (Wildman–Crippen MR) is 51.1 cm³/mol. The number of hydrogen-bond donors (Lipinski definition) is 0. The molecule has 0 aliphatic heterocycles. The van der Waals surface area contributed by atoms with E-state index >= 15 is 0 Å². The van der Waals surface area contributed by atoms with Crippen LogP contribution in [0.15, 0.2) is 12.2 Å². The molecular formula is C12H13NO. The Morgan fingerprint density at radius 2 is 2.07 bits per heavy atom. The van der Waals surface area contributed by atoms with E-state index in [4.69, 9.17) is 5.26 Å². The average Bonchev–Trinajstić information content (AvgIpc) is 2.70. The van der Waals surface area contributed by atoms with Gasteiger partial charge in [-0.15, -0.1) is 0 Å². The Morgan fingerprint density at radius 1 is 1.29 bits per heavy atom. The molecule has 3 rings (SSSR count). The van der Waals surface area contributed by atoms with Crippen LogP contribution in [0.25, 0.3) is 0 Å². The van der Waals surface area contributed by atoms with Gasteiger partial charge in [0.1, 0.15) is 5.78 Å².